The Kier molecular flexibility index (Phi) is 6.41. The number of aromatic nitrogens is 1. The van der Waals surface area contributed by atoms with Gasteiger partial charge in [-0.05, 0) is 54.8 Å². The minimum Gasteiger partial charge on any atom is -0.482 e. The van der Waals surface area contributed by atoms with Gasteiger partial charge in [0.1, 0.15) is 5.75 Å². The van der Waals surface area contributed by atoms with Gasteiger partial charge in [0.15, 0.2) is 11.7 Å². The summed E-state index contributed by atoms with van der Waals surface area (Å²) in [6.45, 7) is 6.33. The molecule has 6 nitrogen and oxygen atoms in total. The number of fused-ring (bicyclic) bond motifs is 1. The smallest absolute Gasteiger partial charge is 0.341 e. The highest BCUT2D eigenvalue weighted by atomic mass is 35.5. The highest BCUT2D eigenvalue weighted by Gasteiger charge is 2.18. The van der Waals surface area contributed by atoms with Crippen molar-refractivity contribution in [3.8, 4) is 5.75 Å². The zero-order chi connectivity index (χ0) is 21.1. The molecule has 1 N–H and O–H groups in total. The average Bonchev–Trinajstić information content (AvgIpc) is 2.97. The molecule has 1 saturated heterocycles. The lowest BCUT2D eigenvalue weighted by atomic mass is 10.1. The zero-order valence-electron chi connectivity index (χ0n) is 16.8. The largest absolute Gasteiger partial charge is 0.482 e. The van der Waals surface area contributed by atoms with Crippen molar-refractivity contribution in [2.75, 3.05) is 37.7 Å². The van der Waals surface area contributed by atoms with Gasteiger partial charge in [-0.15, -0.1) is 0 Å². The molecule has 3 aromatic rings. The summed E-state index contributed by atoms with van der Waals surface area (Å²) in [4.78, 5) is 20.3. The van der Waals surface area contributed by atoms with Gasteiger partial charge >= 0.3 is 5.97 Å². The third-order valence-corrected chi connectivity index (χ3v) is 6.39. The summed E-state index contributed by atoms with van der Waals surface area (Å²) >= 11 is 7.81. The quantitative estimate of drug-likeness (QED) is 0.605. The molecule has 1 aliphatic rings. The molecule has 0 aliphatic carbocycles. The number of halogens is 1. The third-order valence-electron chi connectivity index (χ3n) is 5.08. The number of benzene rings is 2. The van der Waals surface area contributed by atoms with E-state index >= 15 is 0 Å². The maximum Gasteiger partial charge on any atom is 0.341 e. The van der Waals surface area contributed by atoms with Crippen LogP contribution in [0.25, 0.3) is 10.2 Å². The summed E-state index contributed by atoms with van der Waals surface area (Å²) in [6.07, 6.45) is 1.06. The number of carboxylic acid groups (broad SMARTS) is 1. The number of aliphatic carboxylic acids is 1. The second kappa shape index (κ2) is 9.20. The molecule has 0 bridgehead atoms. The number of rotatable bonds is 6. The van der Waals surface area contributed by atoms with Crippen molar-refractivity contribution in [3.63, 3.8) is 0 Å². The summed E-state index contributed by atoms with van der Waals surface area (Å²) in [7, 11) is 0. The minimum atomic E-state index is -0.970. The highest BCUT2D eigenvalue weighted by molar-refractivity contribution is 7.22. The van der Waals surface area contributed by atoms with Crippen LogP contribution in [0.15, 0.2) is 36.4 Å². The van der Waals surface area contributed by atoms with Gasteiger partial charge in [-0.1, -0.05) is 29.0 Å². The molecule has 158 valence electrons. The van der Waals surface area contributed by atoms with Crippen LogP contribution in [0.4, 0.5) is 5.13 Å². The Hall–Kier alpha value is -2.35. The molecule has 0 amide bonds. The Morgan fingerprint density at radius 3 is 2.90 bits per heavy atom. The normalized spacial score (nSPS) is 15.3. The van der Waals surface area contributed by atoms with E-state index in [2.05, 4.69) is 15.9 Å². The molecule has 0 spiro atoms. The molecule has 0 unspecified atom stereocenters. The van der Waals surface area contributed by atoms with Gasteiger partial charge in [-0.3, -0.25) is 4.90 Å². The molecule has 0 saturated carbocycles. The van der Waals surface area contributed by atoms with Gasteiger partial charge in [0.25, 0.3) is 0 Å². The molecule has 1 aliphatic heterocycles. The molecule has 1 aromatic heterocycles. The first kappa shape index (κ1) is 20.9. The van der Waals surface area contributed by atoms with Gasteiger partial charge in [0, 0.05) is 37.7 Å². The average molecular weight is 446 g/mol. The van der Waals surface area contributed by atoms with Crippen molar-refractivity contribution in [1.82, 2.24) is 9.88 Å². The van der Waals surface area contributed by atoms with Crippen LogP contribution >= 0.6 is 22.9 Å². The van der Waals surface area contributed by atoms with E-state index in [1.54, 1.807) is 11.3 Å². The number of carboxylic acids is 1. The lowest BCUT2D eigenvalue weighted by Crippen LogP contribution is -2.30. The maximum absolute atomic E-state index is 10.8. The van der Waals surface area contributed by atoms with E-state index in [0.717, 1.165) is 70.6 Å². The van der Waals surface area contributed by atoms with Crippen molar-refractivity contribution in [2.24, 2.45) is 0 Å². The summed E-state index contributed by atoms with van der Waals surface area (Å²) in [6, 6.07) is 11.8. The van der Waals surface area contributed by atoms with E-state index in [0.29, 0.717) is 5.75 Å². The lowest BCUT2D eigenvalue weighted by Gasteiger charge is -2.22. The van der Waals surface area contributed by atoms with Crippen LogP contribution in [0.3, 0.4) is 0 Å². The van der Waals surface area contributed by atoms with Crippen LogP contribution in [-0.2, 0) is 11.3 Å². The number of hydrogen-bond donors (Lipinski definition) is 1. The number of nitrogens with zero attached hydrogens (tertiary/aromatic N) is 3. The fraction of sp³-hybridized carbons (Fsp3) is 0.364. The van der Waals surface area contributed by atoms with Crippen LogP contribution in [0, 0.1) is 6.92 Å². The monoisotopic (exact) mass is 445 g/mol. The van der Waals surface area contributed by atoms with Gasteiger partial charge in [0.05, 0.1) is 10.2 Å². The molecular weight excluding hydrogens is 422 g/mol. The summed E-state index contributed by atoms with van der Waals surface area (Å²) in [5, 5.41) is 10.6. The topological polar surface area (TPSA) is 65.9 Å². The van der Waals surface area contributed by atoms with Crippen LogP contribution in [0.1, 0.15) is 17.5 Å². The molecule has 1 fully saturated rings. The SMILES string of the molecule is Cc1cc(CN2CCCN(c3nc4ccc(Cl)cc4s3)CC2)cc(OCC(=O)O)c1. The van der Waals surface area contributed by atoms with Crippen LogP contribution in [-0.4, -0.2) is 53.7 Å². The minimum absolute atomic E-state index is 0.324. The van der Waals surface area contributed by atoms with Crippen LogP contribution in [0.5, 0.6) is 5.75 Å². The van der Waals surface area contributed by atoms with E-state index < -0.39 is 5.97 Å². The number of carbonyl (C=O) groups is 1. The van der Waals surface area contributed by atoms with E-state index in [1.807, 2.05) is 37.3 Å². The first-order valence-electron chi connectivity index (χ1n) is 9.95. The first-order chi connectivity index (χ1) is 14.5. The molecule has 0 atom stereocenters. The summed E-state index contributed by atoms with van der Waals surface area (Å²) < 4.78 is 6.49. The molecule has 2 heterocycles. The number of ether oxygens (including phenoxy) is 1. The fourth-order valence-corrected chi connectivity index (χ4v) is 5.04. The van der Waals surface area contributed by atoms with Crippen molar-refractivity contribution < 1.29 is 14.6 Å². The van der Waals surface area contributed by atoms with Crippen LogP contribution in [0.2, 0.25) is 5.02 Å². The second-order valence-electron chi connectivity index (χ2n) is 7.56. The Balaban J connectivity index is 1.41. The lowest BCUT2D eigenvalue weighted by molar-refractivity contribution is -0.139. The van der Waals surface area contributed by atoms with Gasteiger partial charge in [-0.2, -0.15) is 0 Å². The predicted octanol–water partition coefficient (Wildman–Crippen LogP) is 4.43. The molecule has 30 heavy (non-hydrogen) atoms. The highest BCUT2D eigenvalue weighted by Crippen LogP contribution is 2.31. The van der Waals surface area contributed by atoms with Crippen molar-refractivity contribution >= 4 is 44.3 Å². The Labute approximate surface area is 184 Å². The number of anilines is 1. The second-order valence-corrected chi connectivity index (χ2v) is 9.01. The molecule has 4 rings (SSSR count). The van der Waals surface area contributed by atoms with Gasteiger partial charge in [-0.25, -0.2) is 9.78 Å². The van der Waals surface area contributed by atoms with Crippen molar-refractivity contribution in [1.29, 1.82) is 0 Å². The molecule has 2 aromatic carbocycles. The van der Waals surface area contributed by atoms with Gasteiger partial charge in [0.2, 0.25) is 0 Å². The standard InChI is InChI=1S/C22H24ClN3O3S/c1-15-9-16(11-18(10-15)29-14-21(27)28)13-25-5-2-6-26(8-7-25)22-24-19-4-3-17(23)12-20(19)30-22/h3-4,9-12H,2,5-8,13-14H2,1H3,(H,27,28). The molecule has 0 radical (unpaired) electrons. The number of aryl methyl sites for hydroxylation is 1. The van der Waals surface area contributed by atoms with E-state index in [4.69, 9.17) is 26.4 Å². The summed E-state index contributed by atoms with van der Waals surface area (Å²) in [5.41, 5.74) is 3.20. The van der Waals surface area contributed by atoms with E-state index in [1.165, 1.54) is 0 Å². The van der Waals surface area contributed by atoms with Crippen molar-refractivity contribution in [2.45, 2.75) is 19.9 Å². The molecular formula is C22H24ClN3O3S. The van der Waals surface area contributed by atoms with Crippen molar-refractivity contribution in [3.05, 3.63) is 52.5 Å². The third kappa shape index (κ3) is 5.22. The Morgan fingerprint density at radius 1 is 1.20 bits per heavy atom. The molecule has 8 heteroatoms. The van der Waals surface area contributed by atoms with E-state index in [-0.39, 0.29) is 6.61 Å². The summed E-state index contributed by atoms with van der Waals surface area (Å²) in [5.74, 6) is -0.361. The Bertz CT molecular complexity index is 1060. The fourth-order valence-electron chi connectivity index (χ4n) is 3.74. The maximum atomic E-state index is 10.8. The van der Waals surface area contributed by atoms with Crippen LogP contribution < -0.4 is 9.64 Å². The number of hydrogen-bond acceptors (Lipinski definition) is 6. The number of thiazole rings is 1. The zero-order valence-corrected chi connectivity index (χ0v) is 18.4. The first-order valence-corrected chi connectivity index (χ1v) is 11.1. The predicted molar refractivity (Wildman–Crippen MR) is 121 cm³/mol. The van der Waals surface area contributed by atoms with E-state index in [9.17, 15) is 4.79 Å². The van der Waals surface area contributed by atoms with Gasteiger partial charge < -0.3 is 14.7 Å². The Morgan fingerprint density at radius 2 is 2.07 bits per heavy atom.